The molecule has 1 aliphatic carbocycles. The highest BCUT2D eigenvalue weighted by atomic mass is 35.5. The first-order chi connectivity index (χ1) is 15.5. The molecule has 1 unspecified atom stereocenters. The molecule has 10 heteroatoms. The van der Waals surface area contributed by atoms with Gasteiger partial charge < -0.3 is 13.8 Å². The summed E-state index contributed by atoms with van der Waals surface area (Å²) in [7, 11) is 0. The lowest BCUT2D eigenvalue weighted by molar-refractivity contribution is 0.0973. The average molecular weight is 451 g/mol. The topological polar surface area (TPSA) is 111 Å². The normalized spacial score (nSPS) is 19.6. The lowest BCUT2D eigenvalue weighted by atomic mass is 10.1. The first kappa shape index (κ1) is 19.5. The predicted molar refractivity (Wildman–Crippen MR) is 116 cm³/mol. The number of aromatic nitrogens is 5. The Hall–Kier alpha value is -3.22. The summed E-state index contributed by atoms with van der Waals surface area (Å²) in [6.07, 6.45) is 5.22. The third kappa shape index (κ3) is 2.80. The van der Waals surface area contributed by atoms with Crippen molar-refractivity contribution in [3.8, 4) is 17.6 Å². The van der Waals surface area contributed by atoms with Gasteiger partial charge in [0, 0.05) is 12.0 Å². The van der Waals surface area contributed by atoms with Crippen molar-refractivity contribution < 1.29 is 9.26 Å². The summed E-state index contributed by atoms with van der Waals surface area (Å²) in [6, 6.07) is 5.60. The highest BCUT2D eigenvalue weighted by Crippen LogP contribution is 2.47. The Kier molecular flexibility index (Phi) is 4.19. The van der Waals surface area contributed by atoms with E-state index in [9.17, 15) is 10.1 Å². The van der Waals surface area contributed by atoms with E-state index in [1.165, 1.54) is 0 Å². The highest BCUT2D eigenvalue weighted by Gasteiger charge is 2.44. The molecule has 0 N–H and O–H groups in total. The molecule has 0 bridgehead atoms. The molecule has 0 radical (unpaired) electrons. The smallest absolute Gasteiger partial charge is 0.277 e. The zero-order valence-corrected chi connectivity index (χ0v) is 18.1. The Balaban J connectivity index is 1.63. The molecule has 4 aromatic rings. The number of hydrogen-bond acceptors (Lipinski definition) is 7. The fraction of sp³-hybridized carbons (Fsp3) is 0.409. The second kappa shape index (κ2) is 6.89. The number of hydrogen-bond donors (Lipinski definition) is 0. The Morgan fingerprint density at radius 2 is 2.19 bits per heavy atom. The summed E-state index contributed by atoms with van der Waals surface area (Å²) in [5.74, 6) is 0.845. The maximum Gasteiger partial charge on any atom is 0.277 e. The number of benzene rings is 1. The summed E-state index contributed by atoms with van der Waals surface area (Å²) in [6.45, 7) is 3.06. The van der Waals surface area contributed by atoms with Gasteiger partial charge in [-0.1, -0.05) is 23.7 Å². The molecule has 1 aliphatic heterocycles. The standard InChI is InChI=1S/C22H19ClN6O3/c1-22(6-7-22)21-26-19(27-32-21)16-18-20(30)28(10-12-3-2-8-31-12)17-13(9-24)14(23)4-5-15(17)29(18)11-25-16/h4-5,11-12H,2-3,6-8,10H2,1H3. The molecule has 1 saturated heterocycles. The van der Waals surface area contributed by atoms with Crippen molar-refractivity contribution in [2.24, 2.45) is 0 Å². The van der Waals surface area contributed by atoms with E-state index in [-0.39, 0.29) is 28.5 Å². The third-order valence-electron chi connectivity index (χ3n) is 6.53. The lowest BCUT2D eigenvalue weighted by Crippen LogP contribution is -2.29. The van der Waals surface area contributed by atoms with Crippen LogP contribution in [0.25, 0.3) is 28.1 Å². The quantitative estimate of drug-likeness (QED) is 0.468. The summed E-state index contributed by atoms with van der Waals surface area (Å²) >= 11 is 6.32. The molecule has 0 amide bonds. The molecular weight excluding hydrogens is 432 g/mol. The van der Waals surface area contributed by atoms with Crippen LogP contribution in [0.15, 0.2) is 27.8 Å². The van der Waals surface area contributed by atoms with Gasteiger partial charge in [-0.25, -0.2) is 4.98 Å². The maximum atomic E-state index is 13.8. The Labute approximate surface area is 187 Å². The molecular formula is C22H19ClN6O3. The number of nitrogens with zero attached hydrogens (tertiary/aromatic N) is 6. The number of halogens is 1. The van der Waals surface area contributed by atoms with Crippen molar-refractivity contribution in [3.63, 3.8) is 0 Å². The second-order valence-electron chi connectivity index (χ2n) is 8.75. The molecule has 1 atom stereocenters. The van der Waals surface area contributed by atoms with E-state index in [0.29, 0.717) is 46.3 Å². The summed E-state index contributed by atoms with van der Waals surface area (Å²) in [5.41, 5.74) is 1.65. The van der Waals surface area contributed by atoms with Gasteiger partial charge >= 0.3 is 0 Å². The summed E-state index contributed by atoms with van der Waals surface area (Å²) in [4.78, 5) is 22.8. The van der Waals surface area contributed by atoms with Crippen LogP contribution in [-0.4, -0.2) is 36.8 Å². The van der Waals surface area contributed by atoms with Crippen molar-refractivity contribution in [2.45, 2.75) is 50.7 Å². The first-order valence-corrected chi connectivity index (χ1v) is 11.0. The SMILES string of the molecule is CC1(c2nc(-c3ncn4c3c(=O)n(CC3CCCO3)c3c(C#N)c(Cl)ccc34)no2)CC1. The molecule has 162 valence electrons. The second-order valence-corrected chi connectivity index (χ2v) is 9.16. The molecule has 2 aliphatic rings. The number of nitriles is 1. The van der Waals surface area contributed by atoms with E-state index in [0.717, 1.165) is 25.7 Å². The van der Waals surface area contributed by atoms with Gasteiger partial charge in [0.05, 0.1) is 34.3 Å². The van der Waals surface area contributed by atoms with E-state index < -0.39 is 0 Å². The van der Waals surface area contributed by atoms with Gasteiger partial charge in [-0.2, -0.15) is 10.2 Å². The number of imidazole rings is 1. The van der Waals surface area contributed by atoms with Gasteiger partial charge in [0.15, 0.2) is 0 Å². The molecule has 6 rings (SSSR count). The summed E-state index contributed by atoms with van der Waals surface area (Å²) in [5, 5.41) is 14.2. The lowest BCUT2D eigenvalue weighted by Gasteiger charge is -2.17. The van der Waals surface area contributed by atoms with Crippen LogP contribution in [0.1, 0.15) is 44.1 Å². The van der Waals surface area contributed by atoms with E-state index in [1.54, 1.807) is 27.4 Å². The van der Waals surface area contributed by atoms with Crippen LogP contribution in [0, 0.1) is 11.3 Å². The van der Waals surface area contributed by atoms with Crippen LogP contribution >= 0.6 is 11.6 Å². The molecule has 2 fully saturated rings. The maximum absolute atomic E-state index is 13.8. The van der Waals surface area contributed by atoms with Gasteiger partial charge in [0.25, 0.3) is 5.56 Å². The average Bonchev–Trinajstić information content (AvgIpc) is 3.25. The molecule has 1 saturated carbocycles. The van der Waals surface area contributed by atoms with Crippen LogP contribution in [0.5, 0.6) is 0 Å². The zero-order chi connectivity index (χ0) is 22.0. The van der Waals surface area contributed by atoms with E-state index in [4.69, 9.17) is 20.9 Å². The van der Waals surface area contributed by atoms with Crippen molar-refractivity contribution in [1.29, 1.82) is 5.26 Å². The molecule has 32 heavy (non-hydrogen) atoms. The Morgan fingerprint density at radius 1 is 1.34 bits per heavy atom. The minimum absolute atomic E-state index is 0.0913. The molecule has 0 spiro atoms. The minimum Gasteiger partial charge on any atom is -0.376 e. The Bertz CT molecular complexity index is 1480. The van der Waals surface area contributed by atoms with Crippen LogP contribution in [0.3, 0.4) is 0 Å². The zero-order valence-electron chi connectivity index (χ0n) is 17.3. The van der Waals surface area contributed by atoms with Gasteiger partial charge in [-0.05, 0) is 37.8 Å². The molecule has 4 heterocycles. The van der Waals surface area contributed by atoms with E-state index in [2.05, 4.69) is 28.1 Å². The van der Waals surface area contributed by atoms with Crippen LogP contribution < -0.4 is 5.56 Å². The van der Waals surface area contributed by atoms with Crippen LogP contribution in [-0.2, 0) is 16.7 Å². The highest BCUT2D eigenvalue weighted by molar-refractivity contribution is 6.32. The number of fused-ring (bicyclic) bond motifs is 3. The predicted octanol–water partition coefficient (Wildman–Crippen LogP) is 3.45. The number of ether oxygens (including phenoxy) is 1. The minimum atomic E-state index is -0.303. The summed E-state index contributed by atoms with van der Waals surface area (Å²) < 4.78 is 14.5. The van der Waals surface area contributed by atoms with Crippen molar-refractivity contribution in [1.82, 2.24) is 24.1 Å². The van der Waals surface area contributed by atoms with Gasteiger partial charge in [-0.15, -0.1) is 0 Å². The van der Waals surface area contributed by atoms with Gasteiger partial charge in [0.1, 0.15) is 23.6 Å². The number of rotatable bonds is 4. The fourth-order valence-corrected chi connectivity index (χ4v) is 4.59. The largest absolute Gasteiger partial charge is 0.376 e. The van der Waals surface area contributed by atoms with Crippen molar-refractivity contribution in [3.05, 3.63) is 45.3 Å². The Morgan fingerprint density at radius 3 is 2.91 bits per heavy atom. The molecule has 1 aromatic carbocycles. The van der Waals surface area contributed by atoms with E-state index >= 15 is 0 Å². The molecule has 3 aromatic heterocycles. The van der Waals surface area contributed by atoms with Gasteiger partial charge in [-0.3, -0.25) is 9.20 Å². The van der Waals surface area contributed by atoms with Crippen molar-refractivity contribution >= 4 is 28.2 Å². The van der Waals surface area contributed by atoms with Crippen LogP contribution in [0.4, 0.5) is 0 Å². The van der Waals surface area contributed by atoms with Gasteiger partial charge in [0.2, 0.25) is 11.7 Å². The monoisotopic (exact) mass is 450 g/mol. The van der Waals surface area contributed by atoms with E-state index in [1.807, 2.05) is 0 Å². The van der Waals surface area contributed by atoms with Crippen molar-refractivity contribution in [2.75, 3.05) is 6.61 Å². The first-order valence-electron chi connectivity index (χ1n) is 10.6. The third-order valence-corrected chi connectivity index (χ3v) is 6.84. The molecule has 9 nitrogen and oxygen atoms in total. The van der Waals surface area contributed by atoms with Crippen LogP contribution in [0.2, 0.25) is 5.02 Å². The fourth-order valence-electron chi connectivity index (χ4n) is 4.39.